The normalized spacial score (nSPS) is 39.1. The summed E-state index contributed by atoms with van der Waals surface area (Å²) in [4.78, 5) is 69.8. The van der Waals surface area contributed by atoms with E-state index in [9.17, 15) is 28.8 Å². The first-order chi connectivity index (χ1) is 25.1. The predicted octanol–water partition coefficient (Wildman–Crippen LogP) is 2.81. The van der Waals surface area contributed by atoms with Gasteiger partial charge in [-0.2, -0.15) is 0 Å². The van der Waals surface area contributed by atoms with Crippen molar-refractivity contribution in [1.82, 2.24) is 31.9 Å². The van der Waals surface area contributed by atoms with E-state index in [0.29, 0.717) is 45.8 Å². The molecule has 6 amide bonds. The number of nitrogens with two attached hydrogens (primary N) is 1. The van der Waals surface area contributed by atoms with E-state index in [-0.39, 0.29) is 78.8 Å². The summed E-state index contributed by atoms with van der Waals surface area (Å²) in [5, 5.41) is 18.4. The second-order valence-electron chi connectivity index (χ2n) is 20.1. The number of carbonyl (C=O) groups is 6. The summed E-state index contributed by atoms with van der Waals surface area (Å²) in [5.74, 6) is 0.00689. The second-order valence-corrected chi connectivity index (χ2v) is 20.1. The molecule has 8 N–H and O–H groups in total. The van der Waals surface area contributed by atoms with Crippen LogP contribution in [0.2, 0.25) is 0 Å². The summed E-state index contributed by atoms with van der Waals surface area (Å²) >= 11 is 0. The van der Waals surface area contributed by atoms with Crippen molar-refractivity contribution in [3.63, 3.8) is 0 Å². The Kier molecular flexibility index (Phi) is 11.7. The van der Waals surface area contributed by atoms with Crippen LogP contribution in [0.15, 0.2) is 0 Å². The first kappa shape index (κ1) is 41.9. The third kappa shape index (κ3) is 9.07. The van der Waals surface area contributed by atoms with E-state index in [4.69, 9.17) is 5.73 Å². The molecule has 8 aliphatic rings. The molecule has 0 aliphatic heterocycles. The van der Waals surface area contributed by atoms with Crippen LogP contribution in [-0.2, 0) is 28.8 Å². The minimum atomic E-state index is -0.0171. The van der Waals surface area contributed by atoms with E-state index in [1.807, 2.05) is 0 Å². The summed E-state index contributed by atoms with van der Waals surface area (Å²) in [6, 6.07) is 0. The first-order valence-corrected chi connectivity index (χ1v) is 20.3. The Balaban J connectivity index is 0.000000208. The molecular weight excluding hydrogens is 686 g/mol. The van der Waals surface area contributed by atoms with Gasteiger partial charge in [-0.1, -0.05) is 13.3 Å². The van der Waals surface area contributed by atoms with E-state index < -0.39 is 0 Å². The van der Waals surface area contributed by atoms with Crippen LogP contribution in [0.3, 0.4) is 0 Å². The van der Waals surface area contributed by atoms with Gasteiger partial charge >= 0.3 is 0 Å². The summed E-state index contributed by atoms with van der Waals surface area (Å²) < 4.78 is 0. The van der Waals surface area contributed by atoms with Crippen LogP contribution < -0.4 is 37.6 Å². The van der Waals surface area contributed by atoms with Crippen molar-refractivity contribution in [1.29, 1.82) is 0 Å². The third-order valence-corrected chi connectivity index (χ3v) is 14.5. The molecule has 0 saturated heterocycles. The molecule has 8 rings (SSSR count). The smallest absolute Gasteiger partial charge is 0.216 e. The van der Waals surface area contributed by atoms with E-state index >= 15 is 0 Å². The van der Waals surface area contributed by atoms with Crippen LogP contribution in [0.4, 0.5) is 0 Å². The maximum atomic E-state index is 11.7. The second kappa shape index (κ2) is 15.0. The lowest BCUT2D eigenvalue weighted by Crippen LogP contribution is -2.68. The van der Waals surface area contributed by atoms with Gasteiger partial charge < -0.3 is 37.6 Å². The fraction of sp³-hybridized carbons (Fsp3) is 0.854. The molecule has 0 heterocycles. The van der Waals surface area contributed by atoms with Crippen molar-refractivity contribution in [2.24, 2.45) is 49.1 Å². The van der Waals surface area contributed by atoms with Gasteiger partial charge in [0, 0.05) is 80.8 Å². The minimum absolute atomic E-state index is 0.0145. The van der Waals surface area contributed by atoms with Crippen molar-refractivity contribution >= 4 is 35.4 Å². The zero-order chi connectivity index (χ0) is 39.8. The largest absolute Gasteiger partial charge is 0.356 e. The number of hydrogen-bond donors (Lipinski definition) is 7. The average Bonchev–Trinajstić information content (AvgIpc) is 3.06. The molecular formula is C41H69N7O6. The van der Waals surface area contributed by atoms with Gasteiger partial charge in [-0.15, -0.1) is 0 Å². The highest BCUT2D eigenvalue weighted by Crippen LogP contribution is 2.75. The molecule has 8 aliphatic carbocycles. The monoisotopic (exact) mass is 756 g/mol. The molecule has 0 radical (unpaired) electrons. The standard InChI is InChI=1S/C21H35N3O3.C20H34N4O3/c1-5-18-6-19(12-22-15(2)25)9-20(7-18,13-23-16(3)26)11-21(8-18,10-19)14-24-17(4)27;1-14(25)22-11-18-4-17(10-21)5-19(7-18,12-23-15(2)26)9-20(6-17,8-18)13-24-16(3)27/h5-14H2,1-4H3,(H,22,25)(H,23,26)(H,24,27);4-13,21H2,1-3H3,(H,22,25)(H,23,26)(H,24,27). The Morgan fingerprint density at radius 2 is 0.519 bits per heavy atom. The lowest BCUT2D eigenvalue weighted by atomic mass is 9.35. The van der Waals surface area contributed by atoms with Crippen molar-refractivity contribution in [2.45, 2.75) is 132 Å². The average molecular weight is 756 g/mol. The summed E-state index contributed by atoms with van der Waals surface area (Å²) in [6.45, 7) is 16.3. The van der Waals surface area contributed by atoms with Crippen LogP contribution in [0.25, 0.3) is 0 Å². The zero-order valence-corrected chi connectivity index (χ0v) is 34.2. The summed E-state index contributed by atoms with van der Waals surface area (Å²) in [6.07, 6.45) is 13.7. The van der Waals surface area contributed by atoms with Gasteiger partial charge in [-0.05, 0) is 127 Å². The Labute approximate surface area is 322 Å². The van der Waals surface area contributed by atoms with E-state index in [2.05, 4.69) is 38.8 Å². The Bertz CT molecular complexity index is 1220. The molecule has 0 spiro atoms. The first-order valence-electron chi connectivity index (χ1n) is 20.3. The molecule has 0 unspecified atom stereocenters. The van der Waals surface area contributed by atoms with Crippen LogP contribution in [0, 0.1) is 43.3 Å². The highest BCUT2D eigenvalue weighted by atomic mass is 16.2. The van der Waals surface area contributed by atoms with Crippen LogP contribution >= 0.6 is 0 Å². The molecule has 8 saturated carbocycles. The van der Waals surface area contributed by atoms with Crippen molar-refractivity contribution in [2.75, 3.05) is 45.8 Å². The Morgan fingerprint density at radius 3 is 0.667 bits per heavy atom. The topological polar surface area (TPSA) is 201 Å². The predicted molar refractivity (Wildman–Crippen MR) is 206 cm³/mol. The zero-order valence-electron chi connectivity index (χ0n) is 34.2. The van der Waals surface area contributed by atoms with E-state index in [1.54, 1.807) is 41.5 Å². The van der Waals surface area contributed by atoms with Gasteiger partial charge in [0.25, 0.3) is 0 Å². The molecule has 0 aromatic rings. The lowest BCUT2D eigenvalue weighted by molar-refractivity contribution is -0.199. The molecule has 8 fully saturated rings. The lowest BCUT2D eigenvalue weighted by Gasteiger charge is -2.71. The van der Waals surface area contributed by atoms with E-state index in [0.717, 1.165) is 83.5 Å². The van der Waals surface area contributed by atoms with Gasteiger partial charge in [0.1, 0.15) is 0 Å². The number of nitrogens with one attached hydrogen (secondary N) is 6. The fourth-order valence-corrected chi connectivity index (χ4v) is 14.6. The molecule has 13 nitrogen and oxygen atoms in total. The minimum Gasteiger partial charge on any atom is -0.356 e. The van der Waals surface area contributed by atoms with Gasteiger partial charge in [-0.25, -0.2) is 0 Å². The maximum absolute atomic E-state index is 11.7. The van der Waals surface area contributed by atoms with Gasteiger partial charge in [0.15, 0.2) is 0 Å². The van der Waals surface area contributed by atoms with Gasteiger partial charge in [0.2, 0.25) is 35.4 Å². The number of amides is 6. The van der Waals surface area contributed by atoms with Crippen molar-refractivity contribution in [3.05, 3.63) is 0 Å². The SMILES string of the molecule is CC(=O)NCC12CC3(CN)CC(CNC(C)=O)(C1)CC(CNC(C)=O)(C3)C2.CCC12CC3(CNC(C)=O)CC(CNC(C)=O)(C1)CC(CNC(C)=O)(C2)C3. The Morgan fingerprint density at radius 1 is 0.352 bits per heavy atom. The summed E-state index contributed by atoms with van der Waals surface area (Å²) in [7, 11) is 0. The molecule has 13 heteroatoms. The molecule has 0 aromatic carbocycles. The fourth-order valence-electron chi connectivity index (χ4n) is 14.6. The van der Waals surface area contributed by atoms with E-state index in [1.165, 1.54) is 0 Å². The number of hydrogen-bond acceptors (Lipinski definition) is 7. The van der Waals surface area contributed by atoms with Gasteiger partial charge in [0.05, 0.1) is 0 Å². The summed E-state index contributed by atoms with van der Waals surface area (Å²) in [5.41, 5.74) is 6.71. The van der Waals surface area contributed by atoms with Crippen LogP contribution in [0.1, 0.15) is 132 Å². The third-order valence-electron chi connectivity index (χ3n) is 14.5. The van der Waals surface area contributed by atoms with Crippen LogP contribution in [0.5, 0.6) is 0 Å². The highest BCUT2D eigenvalue weighted by molar-refractivity contribution is 5.74. The molecule has 0 atom stereocenters. The molecule has 54 heavy (non-hydrogen) atoms. The van der Waals surface area contributed by atoms with Crippen molar-refractivity contribution in [3.8, 4) is 0 Å². The highest BCUT2D eigenvalue weighted by Gasteiger charge is 2.68. The molecule has 0 aromatic heterocycles. The molecule has 8 bridgehead atoms. The quantitative estimate of drug-likeness (QED) is 0.141. The number of carbonyl (C=O) groups excluding carboxylic acids is 6. The molecule has 304 valence electrons. The number of rotatable bonds is 14. The van der Waals surface area contributed by atoms with Crippen LogP contribution in [-0.4, -0.2) is 81.3 Å². The maximum Gasteiger partial charge on any atom is 0.216 e. The van der Waals surface area contributed by atoms with Crippen molar-refractivity contribution < 1.29 is 28.8 Å². The van der Waals surface area contributed by atoms with Gasteiger partial charge in [-0.3, -0.25) is 28.8 Å². The Hall–Kier alpha value is -3.22.